The summed E-state index contributed by atoms with van der Waals surface area (Å²) in [5.41, 5.74) is 3.40. The van der Waals surface area contributed by atoms with E-state index in [1.807, 2.05) is 70.2 Å². The van der Waals surface area contributed by atoms with Gasteiger partial charge in [0.05, 0.1) is 134 Å². The number of phenols is 2. The van der Waals surface area contributed by atoms with Crippen LogP contribution in [0.25, 0.3) is 111 Å². The number of aliphatic hydroxyl groups is 1. The molecular weight excluding hydrogens is 1880 g/mol. The lowest BCUT2D eigenvalue weighted by Crippen LogP contribution is -2.24. The molecule has 17 aromatic rings. The predicted octanol–water partition coefficient (Wildman–Crippen LogP) is 20.5. The Morgan fingerprint density at radius 1 is 0.401 bits per heavy atom. The van der Waals surface area contributed by atoms with Crippen LogP contribution in [-0.2, 0) is 43.8 Å². The molecule has 3 unspecified atom stereocenters. The lowest BCUT2D eigenvalue weighted by atomic mass is 10.1. The Bertz CT molecular complexity index is 7740. The highest BCUT2D eigenvalue weighted by Gasteiger charge is 2.38. The number of anilines is 5. The van der Waals surface area contributed by atoms with Crippen LogP contribution in [-0.4, -0.2) is 140 Å². The van der Waals surface area contributed by atoms with Crippen LogP contribution in [0.3, 0.4) is 0 Å². The van der Waals surface area contributed by atoms with E-state index in [0.717, 1.165) is 87.0 Å². The lowest BCUT2D eigenvalue weighted by molar-refractivity contribution is -0.138. The zero-order chi connectivity index (χ0) is 102. The van der Waals surface area contributed by atoms with Gasteiger partial charge in [-0.1, -0.05) is 64.4 Å². The molecule has 1 aliphatic rings. The van der Waals surface area contributed by atoms with E-state index in [1.54, 1.807) is 6.07 Å². The normalized spacial score (nSPS) is 12.9. The molecule has 0 saturated heterocycles. The molecule has 142 heavy (non-hydrogen) atoms. The zero-order valence-corrected chi connectivity index (χ0v) is 74.5. The van der Waals surface area contributed by atoms with E-state index in [0.29, 0.717) is 64.5 Å². The molecule has 2 aromatic carbocycles. The minimum absolute atomic E-state index is 0.0263. The van der Waals surface area contributed by atoms with Crippen molar-refractivity contribution in [3.8, 4) is 98.1 Å². The number of nitrogens with one attached hydrogen (secondary N) is 10. The van der Waals surface area contributed by atoms with Gasteiger partial charge in [-0.05, 0) is 97.7 Å². The molecule has 0 spiro atoms. The van der Waals surface area contributed by atoms with Gasteiger partial charge in [0.15, 0.2) is 11.5 Å². The number of aromatic hydroxyl groups is 2. The molecule has 33 nitrogen and oxygen atoms in total. The fraction of sp³-hybridized carbons (Fsp3) is 0.234. The Morgan fingerprint density at radius 2 is 0.732 bits per heavy atom. The van der Waals surface area contributed by atoms with Crippen molar-refractivity contribution in [3.05, 3.63) is 238 Å². The first kappa shape index (κ1) is 100. The quantitative estimate of drug-likeness (QED) is 0.0235. The second-order valence-electron chi connectivity index (χ2n) is 32.1. The molecule has 1 aliphatic carbocycles. The molecule has 0 aliphatic heterocycles. The standard InChI is InChI=1S/C22H15F3N6.C20H13F3N6O2.C18H17F3N6.C17H15F3N6O.C17H15F3N6/c23-22(24,25)14-7-16-17(11-28-20(16)27-10-14)19-13(8-26)9-29-21(31-19)30-18-6-5-12-3-1-2-4-15(12)18;21-20(22,23)12-4-13-14(9-26-18(13)25-8-12)17-11(5-24)7-28-19(29-17)27-6-10-1-2-15(30)16(31)3-10;1-3-4-10(2)26-17-25-7-11(6-22)15(27-17)14-9-24-16-13(14)5-12(8-23-16)18(19,20)21;1-2-11(8-27)25-16-24-5-9(4-21)14(26-16)13-7-23-15-12(13)3-10(6-22-15)17(18,19)20;1-9(2)5-24-16-25-6-10(4-21)14(26-16)13-8-23-15-12(13)3-11(7-22-15)17(18,19)20/h1-4,7,9-11,18H,5-6H2,(H,27,28)(H,29,30,31);1-4,7-9,30-31H,6H2,(H,25,26)(H,27,28,29);5,7-10H,3-4H2,1-2H3,(H,23,24)(H,25,26,27);3,5-7,11,27H,2,8H2,1H3,(H,22,23)(H,24,25,26);3,6-9H,5H2,1-2H3,(H,22,23)(H,24,25,26). The van der Waals surface area contributed by atoms with Crippen molar-refractivity contribution < 1.29 is 81.2 Å². The summed E-state index contributed by atoms with van der Waals surface area (Å²) < 4.78 is 196. The molecule has 0 amide bonds. The first-order chi connectivity index (χ1) is 67.7. The Morgan fingerprint density at radius 3 is 1.06 bits per heavy atom. The number of aromatic amines is 5. The van der Waals surface area contributed by atoms with E-state index in [9.17, 15) is 107 Å². The average molecular weight is 1960 g/mol. The molecule has 0 saturated carbocycles. The van der Waals surface area contributed by atoms with Gasteiger partial charge < -0.3 is 66.8 Å². The van der Waals surface area contributed by atoms with Crippen LogP contribution >= 0.6 is 0 Å². The smallest absolute Gasteiger partial charge is 0.417 e. The summed E-state index contributed by atoms with van der Waals surface area (Å²) >= 11 is 0. The highest BCUT2D eigenvalue weighted by atomic mass is 19.4. The van der Waals surface area contributed by atoms with Crippen LogP contribution in [0.4, 0.5) is 95.6 Å². The third-order valence-corrected chi connectivity index (χ3v) is 21.9. The molecule has 15 heterocycles. The number of fused-ring (bicyclic) bond motifs is 6. The maximum Gasteiger partial charge on any atom is 0.417 e. The van der Waals surface area contributed by atoms with E-state index < -0.39 is 58.7 Å². The number of hydrogen-bond donors (Lipinski definition) is 13. The molecule has 13 N–H and O–H groups in total. The van der Waals surface area contributed by atoms with Gasteiger partial charge >= 0.3 is 30.9 Å². The third kappa shape index (κ3) is 23.0. The number of benzene rings is 2. The van der Waals surface area contributed by atoms with Crippen molar-refractivity contribution in [2.75, 3.05) is 39.7 Å². The number of aromatic nitrogens is 20. The van der Waals surface area contributed by atoms with Crippen LogP contribution < -0.4 is 26.6 Å². The molecular formula is C94H75F15N30O3. The number of nitrogens with zero attached hydrogens (tertiary/aromatic N) is 20. The van der Waals surface area contributed by atoms with Crippen molar-refractivity contribution in [2.24, 2.45) is 5.92 Å². The fourth-order valence-electron chi connectivity index (χ4n) is 14.7. The largest absolute Gasteiger partial charge is 0.504 e. The maximum atomic E-state index is 13.2. The molecule has 3 atom stereocenters. The van der Waals surface area contributed by atoms with Crippen LogP contribution in [0.15, 0.2) is 166 Å². The monoisotopic (exact) mass is 1960 g/mol. The van der Waals surface area contributed by atoms with Gasteiger partial charge in [0, 0.05) is 136 Å². The highest BCUT2D eigenvalue weighted by Crippen LogP contribution is 2.43. The van der Waals surface area contributed by atoms with Crippen molar-refractivity contribution in [1.82, 2.24) is 99.7 Å². The summed E-state index contributed by atoms with van der Waals surface area (Å²) in [5.74, 6) is 1.03. The Balaban J connectivity index is 0.000000141. The van der Waals surface area contributed by atoms with Crippen molar-refractivity contribution in [1.29, 1.82) is 26.3 Å². The lowest BCUT2D eigenvalue weighted by Gasteiger charge is -2.15. The topological polar surface area (TPSA) is 512 Å². The van der Waals surface area contributed by atoms with E-state index in [-0.39, 0.29) is 172 Å². The van der Waals surface area contributed by atoms with Gasteiger partial charge in [-0.2, -0.15) is 92.2 Å². The first-order valence-corrected chi connectivity index (χ1v) is 42.8. The number of rotatable bonds is 21. The molecule has 15 aromatic heterocycles. The van der Waals surface area contributed by atoms with Crippen LogP contribution in [0.1, 0.15) is 139 Å². The Hall–Kier alpha value is -17.8. The summed E-state index contributed by atoms with van der Waals surface area (Å²) in [4.78, 5) is 75.5. The second kappa shape index (κ2) is 42.1. The minimum atomic E-state index is -4.57. The molecule has 0 fully saturated rings. The highest BCUT2D eigenvalue weighted by molar-refractivity contribution is 5.98. The first-order valence-electron chi connectivity index (χ1n) is 42.8. The van der Waals surface area contributed by atoms with Crippen molar-refractivity contribution >= 4 is 84.9 Å². The van der Waals surface area contributed by atoms with E-state index in [2.05, 4.69) is 145 Å². The maximum absolute atomic E-state index is 13.2. The number of alkyl halides is 15. The number of pyridine rings is 5. The molecule has 0 bridgehead atoms. The molecule has 18 rings (SSSR count). The summed E-state index contributed by atoms with van der Waals surface area (Å²) in [6, 6.07) is 27.0. The zero-order valence-electron chi connectivity index (χ0n) is 74.5. The van der Waals surface area contributed by atoms with Gasteiger partial charge in [0.25, 0.3) is 0 Å². The van der Waals surface area contributed by atoms with Crippen LogP contribution in [0.2, 0.25) is 0 Å². The third-order valence-electron chi connectivity index (χ3n) is 21.9. The Labute approximate surface area is 792 Å². The van der Waals surface area contributed by atoms with Crippen molar-refractivity contribution in [2.45, 2.75) is 122 Å². The summed E-state index contributed by atoms with van der Waals surface area (Å²) in [5, 5.41) is 91.7. The second-order valence-corrected chi connectivity index (χ2v) is 32.1. The van der Waals surface area contributed by atoms with Gasteiger partial charge in [0.2, 0.25) is 29.7 Å². The van der Waals surface area contributed by atoms with Gasteiger partial charge in [-0.25, -0.2) is 74.8 Å². The van der Waals surface area contributed by atoms with Gasteiger partial charge in [-0.15, -0.1) is 0 Å². The molecule has 724 valence electrons. The van der Waals surface area contributed by atoms with Crippen LogP contribution in [0, 0.1) is 62.6 Å². The number of aryl methyl sites for hydroxylation is 1. The number of H-pyrrole nitrogens is 5. The number of phenolic OH excluding ortho intramolecular Hbond substituents is 2. The van der Waals surface area contributed by atoms with Gasteiger partial charge in [0.1, 0.15) is 58.6 Å². The number of halogens is 15. The average Bonchev–Trinajstić information content (AvgIpc) is 1.62. The minimum Gasteiger partial charge on any atom is -0.504 e. The van der Waals surface area contributed by atoms with Gasteiger partial charge in [-0.3, -0.25) is 0 Å². The SMILES string of the molecule is CC(C)CNc1ncc(C#N)c(-c2c[nH]c3ncc(C(F)(F)F)cc23)n1.CCC(CO)Nc1ncc(C#N)c(-c2c[nH]c3ncc(C(F)(F)F)cc23)n1.CCCC(C)Nc1ncc(C#N)c(-c2c[nH]c3ncc(C(F)(F)F)cc23)n1.N#Cc1cnc(NC2CCc3ccccc32)nc1-c1c[nH]c2ncc(C(F)(F)F)cc12.N#Cc1cnc(NCc2ccc(O)c(O)c2)nc1-c1c[nH]c2ncc(C(F)(F)F)cc12. The molecule has 48 heteroatoms. The van der Waals surface area contributed by atoms with E-state index in [1.165, 1.54) is 85.2 Å². The predicted molar refractivity (Wildman–Crippen MR) is 489 cm³/mol. The number of hydrogen-bond acceptors (Lipinski definition) is 28. The summed E-state index contributed by atoms with van der Waals surface area (Å²) in [7, 11) is 0. The summed E-state index contributed by atoms with van der Waals surface area (Å²) in [6.07, 6.45) is -0.521. The van der Waals surface area contributed by atoms with E-state index in [4.69, 9.17) is 0 Å². The summed E-state index contributed by atoms with van der Waals surface area (Å²) in [6.45, 7) is 10.6. The van der Waals surface area contributed by atoms with Crippen LogP contribution in [0.5, 0.6) is 11.5 Å². The number of nitriles is 5. The van der Waals surface area contributed by atoms with E-state index >= 15 is 0 Å². The van der Waals surface area contributed by atoms with Crippen molar-refractivity contribution in [3.63, 3.8) is 0 Å². The number of aliphatic hydroxyl groups excluding tert-OH is 1. The molecule has 0 radical (unpaired) electrons. The Kier molecular flexibility index (Phi) is 29.7. The fourth-order valence-corrected chi connectivity index (χ4v) is 14.7.